The van der Waals surface area contributed by atoms with Crippen LogP contribution in [0.5, 0.6) is 0 Å². The molecule has 0 saturated heterocycles. The van der Waals surface area contributed by atoms with Gasteiger partial charge in [0.25, 0.3) is 5.69 Å². The first kappa shape index (κ1) is 16.2. The summed E-state index contributed by atoms with van der Waals surface area (Å²) < 4.78 is 0.449. The van der Waals surface area contributed by atoms with Crippen LogP contribution in [0.2, 0.25) is 0 Å². The molecule has 1 aromatic carbocycles. The minimum atomic E-state index is -0.406. The van der Waals surface area contributed by atoms with Crippen LogP contribution in [0.25, 0.3) is 32.5 Å². The van der Waals surface area contributed by atoms with Crippen LogP contribution in [-0.2, 0) is 0 Å². The molecule has 8 heteroatoms. The molecule has 0 saturated carbocycles. The molecular weight excluding hydrogens is 422 g/mol. The fourth-order valence-electron chi connectivity index (χ4n) is 2.50. The largest absolute Gasteiger partial charge is 0.337 e. The van der Waals surface area contributed by atoms with E-state index in [0.29, 0.717) is 15.9 Å². The lowest BCUT2D eigenvalue weighted by Gasteiger charge is -1.99. The number of halogens is 1. The lowest BCUT2D eigenvalue weighted by Crippen LogP contribution is -1.90. The minimum absolute atomic E-state index is 0.0178. The number of imidazole rings is 1. The number of hydrogen-bond acceptors (Lipinski definition) is 5. The van der Waals surface area contributed by atoms with Crippen molar-refractivity contribution in [3.63, 3.8) is 0 Å². The fourth-order valence-corrected chi connectivity index (χ4v) is 4.34. The lowest BCUT2D eigenvalue weighted by molar-refractivity contribution is -0.385. The van der Waals surface area contributed by atoms with E-state index in [4.69, 9.17) is 4.98 Å². The molecule has 3 heterocycles. The van der Waals surface area contributed by atoms with Crippen molar-refractivity contribution in [1.29, 1.82) is 0 Å². The summed E-state index contributed by atoms with van der Waals surface area (Å²) in [6.45, 7) is 0. The monoisotopic (exact) mass is 431 g/mol. The summed E-state index contributed by atoms with van der Waals surface area (Å²) in [6.07, 6.45) is 0. The second kappa shape index (κ2) is 6.55. The number of nitrogens with one attached hydrogen (secondary N) is 1. The first-order chi connectivity index (χ1) is 12.1. The van der Waals surface area contributed by atoms with Gasteiger partial charge in [-0.2, -0.15) is 0 Å². The van der Waals surface area contributed by atoms with Gasteiger partial charge in [-0.3, -0.25) is 10.1 Å². The fraction of sp³-hybridized carbons (Fsp3) is 0. The van der Waals surface area contributed by atoms with E-state index in [2.05, 4.69) is 20.9 Å². The van der Waals surface area contributed by atoms with E-state index in [0.717, 1.165) is 21.1 Å². The number of hydrogen-bond donors (Lipinski definition) is 1. The van der Waals surface area contributed by atoms with Crippen molar-refractivity contribution in [3.05, 3.63) is 67.8 Å². The topological polar surface area (TPSA) is 71.8 Å². The second-order valence-corrected chi connectivity index (χ2v) is 7.94. The Morgan fingerprint density at radius 1 is 1.08 bits per heavy atom. The van der Waals surface area contributed by atoms with Gasteiger partial charge in [-0.15, -0.1) is 22.7 Å². The Bertz CT molecular complexity index is 988. The third kappa shape index (κ3) is 3.04. The first-order valence-electron chi connectivity index (χ1n) is 7.25. The zero-order chi connectivity index (χ0) is 17.4. The number of rotatable bonds is 4. The van der Waals surface area contributed by atoms with E-state index in [-0.39, 0.29) is 5.69 Å². The Hall–Kier alpha value is -2.29. The molecule has 0 radical (unpaired) electrons. The minimum Gasteiger partial charge on any atom is -0.337 e. The van der Waals surface area contributed by atoms with Crippen molar-refractivity contribution in [2.24, 2.45) is 0 Å². The van der Waals surface area contributed by atoms with Crippen LogP contribution in [0.4, 0.5) is 5.69 Å². The molecule has 0 unspecified atom stereocenters. The highest BCUT2D eigenvalue weighted by molar-refractivity contribution is 9.10. The molecule has 3 aromatic heterocycles. The summed E-state index contributed by atoms with van der Waals surface area (Å²) in [5.74, 6) is 0.613. The Morgan fingerprint density at radius 2 is 1.80 bits per heavy atom. The third-order valence-electron chi connectivity index (χ3n) is 3.64. The SMILES string of the molecule is O=[N+]([O-])c1cc(-c2nc(-c3cccs3)c(-c3cccs3)[nH]2)ccc1Br. The van der Waals surface area contributed by atoms with Crippen LogP contribution in [0.3, 0.4) is 0 Å². The number of nitro groups is 1. The highest BCUT2D eigenvalue weighted by Crippen LogP contribution is 2.38. The van der Waals surface area contributed by atoms with Gasteiger partial charge in [0.15, 0.2) is 0 Å². The number of aromatic amines is 1. The van der Waals surface area contributed by atoms with Crippen molar-refractivity contribution in [3.8, 4) is 32.5 Å². The molecule has 0 aliphatic rings. The molecule has 25 heavy (non-hydrogen) atoms. The summed E-state index contributed by atoms with van der Waals surface area (Å²) in [6, 6.07) is 13.0. The van der Waals surface area contributed by atoms with Crippen LogP contribution in [0.15, 0.2) is 57.7 Å². The van der Waals surface area contributed by atoms with Gasteiger partial charge in [0.1, 0.15) is 11.5 Å². The second-order valence-electron chi connectivity index (χ2n) is 5.19. The number of aromatic nitrogens is 2. The average Bonchev–Trinajstić information content (AvgIpc) is 3.34. The van der Waals surface area contributed by atoms with Crippen molar-refractivity contribution in [2.75, 3.05) is 0 Å². The van der Waals surface area contributed by atoms with Crippen molar-refractivity contribution in [1.82, 2.24) is 9.97 Å². The summed E-state index contributed by atoms with van der Waals surface area (Å²) in [5.41, 5.74) is 2.48. The third-order valence-corrected chi connectivity index (χ3v) is 6.08. The summed E-state index contributed by atoms with van der Waals surface area (Å²) in [4.78, 5) is 21.0. The molecule has 4 rings (SSSR count). The lowest BCUT2D eigenvalue weighted by atomic mass is 10.2. The van der Waals surface area contributed by atoms with Crippen LogP contribution in [-0.4, -0.2) is 14.9 Å². The molecule has 0 aliphatic carbocycles. The molecule has 1 N–H and O–H groups in total. The van der Waals surface area contributed by atoms with Crippen LogP contribution in [0.1, 0.15) is 0 Å². The number of benzene rings is 1. The van der Waals surface area contributed by atoms with E-state index in [1.807, 2.05) is 41.1 Å². The Balaban J connectivity index is 1.88. The van der Waals surface area contributed by atoms with Crippen molar-refractivity contribution >= 4 is 44.3 Å². The highest BCUT2D eigenvalue weighted by Gasteiger charge is 2.19. The quantitative estimate of drug-likeness (QED) is 0.308. The van der Waals surface area contributed by atoms with Gasteiger partial charge in [0.2, 0.25) is 0 Å². The number of nitrogens with zero attached hydrogens (tertiary/aromatic N) is 2. The summed E-state index contributed by atoms with van der Waals surface area (Å²) >= 11 is 6.45. The number of thiophene rings is 2. The molecule has 0 fully saturated rings. The van der Waals surface area contributed by atoms with Gasteiger partial charge in [-0.1, -0.05) is 12.1 Å². The molecule has 5 nitrogen and oxygen atoms in total. The molecule has 0 amide bonds. The van der Waals surface area contributed by atoms with Crippen molar-refractivity contribution < 1.29 is 4.92 Å². The van der Waals surface area contributed by atoms with E-state index < -0.39 is 4.92 Å². The maximum atomic E-state index is 11.2. The van der Waals surface area contributed by atoms with E-state index in [9.17, 15) is 10.1 Å². The van der Waals surface area contributed by atoms with Crippen molar-refractivity contribution in [2.45, 2.75) is 0 Å². The Kier molecular flexibility index (Phi) is 4.24. The molecule has 0 spiro atoms. The number of nitro benzene ring substituents is 1. The maximum absolute atomic E-state index is 11.2. The Labute approximate surface area is 159 Å². The standard InChI is InChI=1S/C17H10BrN3O2S2/c18-11-6-5-10(9-12(11)21(22)23)17-19-15(13-3-1-7-24-13)16(20-17)14-4-2-8-25-14/h1-9H,(H,19,20). The van der Waals surface area contributed by atoms with Gasteiger partial charge in [0.05, 0.1) is 24.8 Å². The van der Waals surface area contributed by atoms with Gasteiger partial charge >= 0.3 is 0 Å². The normalized spacial score (nSPS) is 10.9. The van der Waals surface area contributed by atoms with Gasteiger partial charge in [0, 0.05) is 11.6 Å². The molecule has 124 valence electrons. The van der Waals surface area contributed by atoms with Crippen LogP contribution < -0.4 is 0 Å². The Morgan fingerprint density at radius 3 is 2.44 bits per heavy atom. The van der Waals surface area contributed by atoms with Gasteiger partial charge in [-0.25, -0.2) is 4.98 Å². The van der Waals surface area contributed by atoms with E-state index in [1.165, 1.54) is 6.07 Å². The molecule has 4 aromatic rings. The average molecular weight is 432 g/mol. The van der Waals surface area contributed by atoms with Gasteiger partial charge in [-0.05, 0) is 51.0 Å². The summed E-state index contributed by atoms with van der Waals surface area (Å²) in [7, 11) is 0. The smallest absolute Gasteiger partial charge is 0.284 e. The molecule has 0 aliphatic heterocycles. The van der Waals surface area contributed by atoms with E-state index >= 15 is 0 Å². The zero-order valence-electron chi connectivity index (χ0n) is 12.6. The molecular formula is C17H10BrN3O2S2. The molecule has 0 bridgehead atoms. The number of H-pyrrole nitrogens is 1. The predicted octanol–water partition coefficient (Wildman–Crippen LogP) is 6.20. The predicted molar refractivity (Wildman–Crippen MR) is 105 cm³/mol. The summed E-state index contributed by atoms with van der Waals surface area (Å²) in [5, 5.41) is 15.2. The van der Waals surface area contributed by atoms with E-state index in [1.54, 1.807) is 28.7 Å². The first-order valence-corrected chi connectivity index (χ1v) is 9.81. The highest BCUT2D eigenvalue weighted by atomic mass is 79.9. The maximum Gasteiger partial charge on any atom is 0.284 e. The molecule has 0 atom stereocenters. The van der Waals surface area contributed by atoms with Crippen LogP contribution >= 0.6 is 38.6 Å². The zero-order valence-corrected chi connectivity index (χ0v) is 15.8. The van der Waals surface area contributed by atoms with Crippen LogP contribution in [0, 0.1) is 10.1 Å². The van der Waals surface area contributed by atoms with Gasteiger partial charge < -0.3 is 4.98 Å².